The minimum Gasteiger partial charge on any atom is -0.350 e. The zero-order chi connectivity index (χ0) is 14.5. The average Bonchev–Trinajstić information content (AvgIpc) is 2.92. The summed E-state index contributed by atoms with van der Waals surface area (Å²) in [4.78, 5) is 24.6. The molecule has 0 aromatic heterocycles. The van der Waals surface area contributed by atoms with Crippen LogP contribution in [0.5, 0.6) is 0 Å². The lowest BCUT2D eigenvalue weighted by molar-refractivity contribution is -0.384. The summed E-state index contributed by atoms with van der Waals surface area (Å²) in [5.74, 6) is -0.253. The number of nitro groups is 1. The van der Waals surface area contributed by atoms with Crippen LogP contribution in [0.25, 0.3) is 0 Å². The Morgan fingerprint density at radius 3 is 3.05 bits per heavy atom. The predicted molar refractivity (Wildman–Crippen MR) is 75.7 cm³/mol. The van der Waals surface area contributed by atoms with Crippen molar-refractivity contribution < 1.29 is 9.72 Å². The highest BCUT2D eigenvalue weighted by molar-refractivity contribution is 5.94. The zero-order valence-electron chi connectivity index (χ0n) is 11.5. The number of non-ortho nitro benzene ring substituents is 1. The van der Waals surface area contributed by atoms with Gasteiger partial charge in [0.2, 0.25) is 0 Å². The van der Waals surface area contributed by atoms with Crippen LogP contribution in [0.2, 0.25) is 0 Å². The molecule has 1 unspecified atom stereocenters. The van der Waals surface area contributed by atoms with Gasteiger partial charge in [0.1, 0.15) is 0 Å². The number of likely N-dealkylation sites (N-methyl/N-ethyl adjacent to an activating group) is 1. The molecule has 1 fully saturated rings. The summed E-state index contributed by atoms with van der Waals surface area (Å²) in [6.45, 7) is 4.77. The number of amides is 1. The summed E-state index contributed by atoms with van der Waals surface area (Å²) in [7, 11) is 0. The van der Waals surface area contributed by atoms with Crippen molar-refractivity contribution in [1.29, 1.82) is 0 Å². The molecule has 1 aliphatic heterocycles. The van der Waals surface area contributed by atoms with Crippen LogP contribution in [0, 0.1) is 10.1 Å². The topological polar surface area (TPSA) is 75.5 Å². The van der Waals surface area contributed by atoms with E-state index in [1.807, 2.05) is 0 Å². The molecule has 2 rings (SSSR count). The molecule has 6 heteroatoms. The van der Waals surface area contributed by atoms with Crippen LogP contribution in [0.15, 0.2) is 24.3 Å². The van der Waals surface area contributed by atoms with Crippen molar-refractivity contribution in [2.45, 2.75) is 25.8 Å². The van der Waals surface area contributed by atoms with Gasteiger partial charge in [-0.3, -0.25) is 19.8 Å². The summed E-state index contributed by atoms with van der Waals surface area (Å²) < 4.78 is 0. The second kappa shape index (κ2) is 6.47. The van der Waals surface area contributed by atoms with E-state index in [0.717, 1.165) is 25.9 Å². The Kier molecular flexibility index (Phi) is 4.68. The Bertz CT molecular complexity index is 504. The zero-order valence-corrected chi connectivity index (χ0v) is 11.5. The van der Waals surface area contributed by atoms with Crippen molar-refractivity contribution in [2.24, 2.45) is 0 Å². The largest absolute Gasteiger partial charge is 0.350 e. The molecule has 0 radical (unpaired) electrons. The van der Waals surface area contributed by atoms with Gasteiger partial charge in [-0.2, -0.15) is 0 Å². The number of carbonyl (C=O) groups is 1. The summed E-state index contributed by atoms with van der Waals surface area (Å²) in [6, 6.07) is 6.19. The SMILES string of the molecule is CCN1CCCC1CNC(=O)c1cccc([N+](=O)[O-])c1. The van der Waals surface area contributed by atoms with E-state index in [-0.39, 0.29) is 11.6 Å². The van der Waals surface area contributed by atoms with Gasteiger partial charge in [0.15, 0.2) is 0 Å². The molecule has 0 aliphatic carbocycles. The summed E-state index contributed by atoms with van der Waals surface area (Å²) in [6.07, 6.45) is 2.24. The minimum absolute atomic E-state index is 0.0614. The lowest BCUT2D eigenvalue weighted by Gasteiger charge is -2.22. The number of carbonyl (C=O) groups excluding carboxylic acids is 1. The minimum atomic E-state index is -0.493. The molecule has 6 nitrogen and oxygen atoms in total. The molecular weight excluding hydrogens is 258 g/mol. The van der Waals surface area contributed by atoms with Gasteiger partial charge < -0.3 is 5.32 Å². The van der Waals surface area contributed by atoms with E-state index in [1.165, 1.54) is 18.2 Å². The van der Waals surface area contributed by atoms with Crippen LogP contribution in [0.1, 0.15) is 30.1 Å². The van der Waals surface area contributed by atoms with Crippen molar-refractivity contribution in [2.75, 3.05) is 19.6 Å². The predicted octanol–water partition coefficient (Wildman–Crippen LogP) is 1.81. The molecule has 1 heterocycles. The summed E-state index contributed by atoms with van der Waals surface area (Å²) in [5, 5.41) is 13.6. The van der Waals surface area contributed by atoms with Crippen LogP contribution in [0.4, 0.5) is 5.69 Å². The fraction of sp³-hybridized carbons (Fsp3) is 0.500. The maximum absolute atomic E-state index is 12.0. The maximum Gasteiger partial charge on any atom is 0.270 e. The van der Waals surface area contributed by atoms with Gasteiger partial charge in [-0.05, 0) is 32.0 Å². The highest BCUT2D eigenvalue weighted by Gasteiger charge is 2.23. The quantitative estimate of drug-likeness (QED) is 0.658. The van der Waals surface area contributed by atoms with Crippen LogP contribution < -0.4 is 5.32 Å². The van der Waals surface area contributed by atoms with Gasteiger partial charge in [0.05, 0.1) is 4.92 Å². The fourth-order valence-corrected chi connectivity index (χ4v) is 2.62. The number of hydrogen-bond donors (Lipinski definition) is 1. The molecule has 0 bridgehead atoms. The molecule has 1 aliphatic rings. The monoisotopic (exact) mass is 277 g/mol. The van der Waals surface area contributed by atoms with E-state index < -0.39 is 4.92 Å². The van der Waals surface area contributed by atoms with Crippen molar-refractivity contribution in [1.82, 2.24) is 10.2 Å². The Labute approximate surface area is 117 Å². The van der Waals surface area contributed by atoms with Gasteiger partial charge in [-0.25, -0.2) is 0 Å². The van der Waals surface area contributed by atoms with E-state index >= 15 is 0 Å². The number of rotatable bonds is 5. The highest BCUT2D eigenvalue weighted by Crippen LogP contribution is 2.16. The molecule has 1 amide bonds. The first-order chi connectivity index (χ1) is 9.61. The summed E-state index contributed by atoms with van der Waals surface area (Å²) in [5.41, 5.74) is 0.272. The Balaban J connectivity index is 1.95. The first kappa shape index (κ1) is 14.5. The molecule has 1 saturated heterocycles. The lowest BCUT2D eigenvalue weighted by atomic mass is 10.1. The van der Waals surface area contributed by atoms with Gasteiger partial charge in [0.25, 0.3) is 11.6 Å². The number of hydrogen-bond acceptors (Lipinski definition) is 4. The smallest absolute Gasteiger partial charge is 0.270 e. The molecular formula is C14H19N3O3. The normalized spacial score (nSPS) is 18.9. The highest BCUT2D eigenvalue weighted by atomic mass is 16.6. The van der Waals surface area contributed by atoms with Crippen LogP contribution in [-0.4, -0.2) is 41.4 Å². The van der Waals surface area contributed by atoms with E-state index in [9.17, 15) is 14.9 Å². The molecule has 1 aromatic rings. The third kappa shape index (κ3) is 3.33. The van der Waals surface area contributed by atoms with Gasteiger partial charge in [0, 0.05) is 30.3 Å². The van der Waals surface area contributed by atoms with Crippen LogP contribution >= 0.6 is 0 Å². The number of benzene rings is 1. The van der Waals surface area contributed by atoms with Crippen molar-refractivity contribution in [3.63, 3.8) is 0 Å². The number of nitro benzene ring substituents is 1. The first-order valence-electron chi connectivity index (χ1n) is 6.88. The third-order valence-electron chi connectivity index (χ3n) is 3.72. The van der Waals surface area contributed by atoms with Crippen molar-refractivity contribution >= 4 is 11.6 Å². The molecule has 0 saturated carbocycles. The molecule has 1 N–H and O–H groups in total. The van der Waals surface area contributed by atoms with E-state index in [1.54, 1.807) is 6.07 Å². The molecule has 20 heavy (non-hydrogen) atoms. The van der Waals surface area contributed by atoms with E-state index in [4.69, 9.17) is 0 Å². The van der Waals surface area contributed by atoms with Gasteiger partial charge in [-0.15, -0.1) is 0 Å². The van der Waals surface area contributed by atoms with Crippen molar-refractivity contribution in [3.05, 3.63) is 39.9 Å². The lowest BCUT2D eigenvalue weighted by Crippen LogP contribution is -2.40. The van der Waals surface area contributed by atoms with Gasteiger partial charge >= 0.3 is 0 Å². The van der Waals surface area contributed by atoms with E-state index in [2.05, 4.69) is 17.1 Å². The fourth-order valence-electron chi connectivity index (χ4n) is 2.62. The van der Waals surface area contributed by atoms with E-state index in [0.29, 0.717) is 18.2 Å². The number of likely N-dealkylation sites (tertiary alicyclic amines) is 1. The Morgan fingerprint density at radius 1 is 1.55 bits per heavy atom. The maximum atomic E-state index is 12.0. The molecule has 108 valence electrons. The van der Waals surface area contributed by atoms with Crippen molar-refractivity contribution in [3.8, 4) is 0 Å². The Morgan fingerprint density at radius 2 is 2.35 bits per heavy atom. The molecule has 1 atom stereocenters. The third-order valence-corrected chi connectivity index (χ3v) is 3.72. The number of nitrogens with one attached hydrogen (secondary N) is 1. The number of nitrogens with zero attached hydrogens (tertiary/aromatic N) is 2. The molecule has 1 aromatic carbocycles. The second-order valence-corrected chi connectivity index (χ2v) is 4.94. The first-order valence-corrected chi connectivity index (χ1v) is 6.88. The second-order valence-electron chi connectivity index (χ2n) is 4.94. The Hall–Kier alpha value is -1.95. The van der Waals surface area contributed by atoms with Crippen LogP contribution in [0.3, 0.4) is 0 Å². The molecule has 0 spiro atoms. The average molecular weight is 277 g/mol. The summed E-state index contributed by atoms with van der Waals surface area (Å²) >= 11 is 0. The standard InChI is InChI=1S/C14H19N3O3/c1-2-16-8-4-7-13(16)10-15-14(18)11-5-3-6-12(9-11)17(19)20/h3,5-6,9,13H,2,4,7-8,10H2,1H3,(H,15,18). The van der Waals surface area contributed by atoms with Crippen LogP contribution in [-0.2, 0) is 0 Å². The van der Waals surface area contributed by atoms with Gasteiger partial charge in [-0.1, -0.05) is 13.0 Å².